The van der Waals surface area contributed by atoms with Crippen molar-refractivity contribution in [1.29, 1.82) is 0 Å². The number of rotatable bonds is 5. The number of benzene rings is 2. The minimum Gasteiger partial charge on any atom is -0.244 e. The molecule has 0 aliphatic rings. The Bertz CT molecular complexity index is 853. The first-order valence-corrected chi connectivity index (χ1v) is 7.71. The highest BCUT2D eigenvalue weighted by atomic mass is 35.5. The average molecular weight is 359 g/mol. The van der Waals surface area contributed by atoms with Crippen LogP contribution in [0, 0.1) is 0 Å². The average Bonchev–Trinajstić information content (AvgIpc) is 3.04. The van der Waals surface area contributed by atoms with Gasteiger partial charge in [0.15, 0.2) is 0 Å². The molecule has 0 aliphatic carbocycles. The molecule has 3 rings (SSSR count). The molecule has 1 heterocycles. The van der Waals surface area contributed by atoms with Crippen LogP contribution in [0.3, 0.4) is 0 Å². The molecule has 2 aromatic carbocycles. The Kier molecular flexibility index (Phi) is 5.20. The Hall–Kier alpha value is -2.70. The molecule has 1 aromatic heterocycles. The number of hydrogen-bond donors (Lipinski definition) is 1. The monoisotopic (exact) mass is 358 g/mol. The van der Waals surface area contributed by atoms with E-state index in [0.717, 1.165) is 11.1 Å². The summed E-state index contributed by atoms with van der Waals surface area (Å²) in [5, 5.41) is 17.5. The van der Waals surface area contributed by atoms with Gasteiger partial charge in [-0.25, -0.2) is 5.43 Å². The van der Waals surface area contributed by atoms with E-state index < -0.39 is 0 Å². The quantitative estimate of drug-likeness (QED) is 0.555. The third kappa shape index (κ3) is 4.41. The summed E-state index contributed by atoms with van der Waals surface area (Å²) < 4.78 is 1.48. The highest BCUT2D eigenvalue weighted by Gasteiger charge is 2.00. The van der Waals surface area contributed by atoms with Crippen LogP contribution in [0.25, 0.3) is 0 Å². The van der Waals surface area contributed by atoms with Crippen molar-refractivity contribution in [1.82, 2.24) is 14.9 Å². The molecule has 0 fully saturated rings. The minimum atomic E-state index is 0.394. The number of hydrogen-bond acceptors (Lipinski definition) is 5. The van der Waals surface area contributed by atoms with Gasteiger partial charge in [-0.1, -0.05) is 47.5 Å². The first-order valence-electron chi connectivity index (χ1n) is 6.95. The first kappa shape index (κ1) is 16.2. The van der Waals surface area contributed by atoms with Crippen molar-refractivity contribution < 1.29 is 0 Å². The van der Waals surface area contributed by atoms with Crippen molar-refractivity contribution in [2.75, 3.05) is 5.43 Å². The SMILES string of the molecule is Clc1ccc(C=NNc2nncn2N=Cc2ccc(Cl)cc2)cc1. The van der Waals surface area contributed by atoms with Gasteiger partial charge in [0.25, 0.3) is 5.95 Å². The zero-order valence-electron chi connectivity index (χ0n) is 12.3. The van der Waals surface area contributed by atoms with Gasteiger partial charge in [-0.3, -0.25) is 0 Å². The Labute approximate surface area is 148 Å². The van der Waals surface area contributed by atoms with Crippen molar-refractivity contribution in [3.63, 3.8) is 0 Å². The Balaban J connectivity index is 1.66. The molecule has 0 atom stereocenters. The van der Waals surface area contributed by atoms with Gasteiger partial charge in [0, 0.05) is 10.0 Å². The van der Waals surface area contributed by atoms with Crippen LogP contribution in [0.2, 0.25) is 10.0 Å². The molecule has 0 spiro atoms. The molecule has 0 unspecified atom stereocenters. The summed E-state index contributed by atoms with van der Waals surface area (Å²) in [6.07, 6.45) is 4.80. The van der Waals surface area contributed by atoms with Crippen LogP contribution in [0.15, 0.2) is 65.1 Å². The van der Waals surface area contributed by atoms with Crippen LogP contribution in [0.4, 0.5) is 5.95 Å². The number of nitrogens with zero attached hydrogens (tertiary/aromatic N) is 5. The van der Waals surface area contributed by atoms with Gasteiger partial charge in [0.2, 0.25) is 0 Å². The van der Waals surface area contributed by atoms with Crippen molar-refractivity contribution >= 4 is 41.6 Å². The summed E-state index contributed by atoms with van der Waals surface area (Å²) in [6.45, 7) is 0. The Morgan fingerprint density at radius 3 is 2.08 bits per heavy atom. The van der Waals surface area contributed by atoms with Crippen LogP contribution in [-0.2, 0) is 0 Å². The molecular formula is C16H12Cl2N6. The van der Waals surface area contributed by atoms with E-state index in [2.05, 4.69) is 25.8 Å². The number of hydrazone groups is 1. The maximum Gasteiger partial charge on any atom is 0.265 e. The van der Waals surface area contributed by atoms with Crippen molar-refractivity contribution in [3.05, 3.63) is 76.0 Å². The Morgan fingerprint density at radius 1 is 0.875 bits per heavy atom. The first-order chi connectivity index (χ1) is 11.7. The summed E-state index contributed by atoms with van der Waals surface area (Å²) in [5.74, 6) is 0.394. The fourth-order valence-electron chi connectivity index (χ4n) is 1.78. The van der Waals surface area contributed by atoms with E-state index in [1.54, 1.807) is 36.7 Å². The highest BCUT2D eigenvalue weighted by Crippen LogP contribution is 2.09. The molecule has 0 radical (unpaired) electrons. The van der Waals surface area contributed by atoms with Gasteiger partial charge in [-0.15, -0.1) is 10.2 Å². The zero-order chi connectivity index (χ0) is 16.8. The maximum atomic E-state index is 5.85. The lowest BCUT2D eigenvalue weighted by Gasteiger charge is -1.99. The minimum absolute atomic E-state index is 0.394. The third-order valence-electron chi connectivity index (χ3n) is 2.98. The summed E-state index contributed by atoms with van der Waals surface area (Å²) in [5.41, 5.74) is 4.60. The van der Waals surface area contributed by atoms with Crippen LogP contribution in [0.1, 0.15) is 11.1 Å². The van der Waals surface area contributed by atoms with Crippen LogP contribution in [0.5, 0.6) is 0 Å². The topological polar surface area (TPSA) is 67.5 Å². The second-order valence-corrected chi connectivity index (χ2v) is 5.59. The van der Waals surface area contributed by atoms with E-state index in [9.17, 15) is 0 Å². The van der Waals surface area contributed by atoms with E-state index in [-0.39, 0.29) is 0 Å². The van der Waals surface area contributed by atoms with E-state index in [1.807, 2.05) is 24.3 Å². The second kappa shape index (κ2) is 7.72. The largest absolute Gasteiger partial charge is 0.265 e. The summed E-state index contributed by atoms with van der Waals surface area (Å²) in [4.78, 5) is 0. The van der Waals surface area contributed by atoms with Gasteiger partial charge >= 0.3 is 0 Å². The van der Waals surface area contributed by atoms with E-state index >= 15 is 0 Å². The number of anilines is 1. The zero-order valence-corrected chi connectivity index (χ0v) is 13.9. The lowest BCUT2D eigenvalue weighted by molar-refractivity contribution is 0.879. The molecule has 8 heteroatoms. The number of halogens is 2. The third-order valence-corrected chi connectivity index (χ3v) is 3.48. The molecule has 0 aliphatic heterocycles. The van der Waals surface area contributed by atoms with E-state index in [0.29, 0.717) is 16.0 Å². The smallest absolute Gasteiger partial charge is 0.244 e. The lowest BCUT2D eigenvalue weighted by Crippen LogP contribution is -1.99. The van der Waals surface area contributed by atoms with Crippen LogP contribution in [-0.4, -0.2) is 27.3 Å². The van der Waals surface area contributed by atoms with E-state index in [1.165, 1.54) is 11.0 Å². The highest BCUT2D eigenvalue weighted by molar-refractivity contribution is 6.30. The van der Waals surface area contributed by atoms with Crippen LogP contribution < -0.4 is 5.43 Å². The number of nitrogens with one attached hydrogen (secondary N) is 1. The number of aromatic nitrogens is 3. The molecule has 120 valence electrons. The summed E-state index contributed by atoms with van der Waals surface area (Å²) >= 11 is 11.7. The standard InChI is InChI=1S/C16H12Cl2N6/c17-14-5-1-12(2-6-14)9-19-22-16-23-20-11-24(16)21-10-13-3-7-15(18)8-4-13/h1-11H,(H,22,23). The van der Waals surface area contributed by atoms with Crippen molar-refractivity contribution in [2.24, 2.45) is 10.2 Å². The molecule has 0 amide bonds. The summed E-state index contributed by atoms with van der Waals surface area (Å²) in [6, 6.07) is 14.6. The second-order valence-electron chi connectivity index (χ2n) is 4.72. The molecule has 0 saturated heterocycles. The fourth-order valence-corrected chi connectivity index (χ4v) is 2.03. The molecule has 3 aromatic rings. The van der Waals surface area contributed by atoms with Crippen LogP contribution >= 0.6 is 23.2 Å². The van der Waals surface area contributed by atoms with Gasteiger partial charge in [0.05, 0.1) is 12.4 Å². The van der Waals surface area contributed by atoms with Gasteiger partial charge < -0.3 is 0 Å². The normalized spacial score (nSPS) is 11.4. The van der Waals surface area contributed by atoms with Crippen molar-refractivity contribution in [2.45, 2.75) is 0 Å². The molecule has 6 nitrogen and oxygen atoms in total. The van der Waals surface area contributed by atoms with Crippen molar-refractivity contribution in [3.8, 4) is 0 Å². The fraction of sp³-hybridized carbons (Fsp3) is 0. The van der Waals surface area contributed by atoms with Gasteiger partial charge in [0.1, 0.15) is 6.33 Å². The van der Waals surface area contributed by atoms with Gasteiger partial charge in [-0.05, 0) is 35.4 Å². The molecule has 24 heavy (non-hydrogen) atoms. The summed E-state index contributed by atoms with van der Waals surface area (Å²) in [7, 11) is 0. The predicted molar refractivity (Wildman–Crippen MR) is 97.1 cm³/mol. The lowest BCUT2D eigenvalue weighted by atomic mass is 10.2. The van der Waals surface area contributed by atoms with E-state index in [4.69, 9.17) is 23.2 Å². The predicted octanol–water partition coefficient (Wildman–Crippen LogP) is 3.91. The molecule has 0 bridgehead atoms. The van der Waals surface area contributed by atoms with Gasteiger partial charge in [-0.2, -0.15) is 14.9 Å². The molecule has 0 saturated carbocycles. The molecule has 1 N–H and O–H groups in total. The maximum absolute atomic E-state index is 5.85. The molecular weight excluding hydrogens is 347 g/mol. The Morgan fingerprint density at radius 2 is 1.46 bits per heavy atom.